The lowest BCUT2D eigenvalue weighted by atomic mass is 9.75. The van der Waals surface area contributed by atoms with Crippen molar-refractivity contribution < 1.29 is 0 Å². The molecule has 0 amide bonds. The van der Waals surface area contributed by atoms with Crippen LogP contribution in [0.3, 0.4) is 0 Å². The predicted molar refractivity (Wildman–Crippen MR) is 75.6 cm³/mol. The summed E-state index contributed by atoms with van der Waals surface area (Å²) in [7, 11) is 0. The maximum absolute atomic E-state index is 9.02. The molecule has 1 fully saturated rings. The van der Waals surface area contributed by atoms with Crippen LogP contribution in [0.2, 0.25) is 5.15 Å². The van der Waals surface area contributed by atoms with Gasteiger partial charge < -0.3 is 5.32 Å². The molecular weight excluding hydrogens is 258 g/mol. The molecule has 1 aromatic heterocycles. The van der Waals surface area contributed by atoms with Crippen molar-refractivity contribution in [3.05, 3.63) is 34.6 Å². The Morgan fingerprint density at radius 3 is 3.16 bits per heavy atom. The fourth-order valence-electron chi connectivity index (χ4n) is 3.12. The van der Waals surface area contributed by atoms with Crippen LogP contribution in [0.4, 0.5) is 0 Å². The molecule has 0 radical (unpaired) electrons. The molecule has 0 saturated carbocycles. The number of piperidine rings is 1. The molecule has 3 nitrogen and oxygen atoms in total. The zero-order valence-corrected chi connectivity index (χ0v) is 11.5. The molecule has 1 aliphatic heterocycles. The molecule has 0 spiro atoms. The van der Waals surface area contributed by atoms with Gasteiger partial charge in [-0.05, 0) is 61.4 Å². The minimum absolute atomic E-state index is 0.292. The van der Waals surface area contributed by atoms with Gasteiger partial charge >= 0.3 is 0 Å². The molecule has 2 atom stereocenters. The smallest absolute Gasteiger partial charge is 0.146 e. The highest BCUT2D eigenvalue weighted by Gasteiger charge is 2.28. The maximum Gasteiger partial charge on any atom is 0.146 e. The van der Waals surface area contributed by atoms with E-state index in [4.69, 9.17) is 16.9 Å². The summed E-state index contributed by atoms with van der Waals surface area (Å²) >= 11 is 5.88. The van der Waals surface area contributed by atoms with Crippen molar-refractivity contribution in [2.24, 2.45) is 11.8 Å². The lowest BCUT2D eigenvalue weighted by Gasteiger charge is -2.35. The van der Waals surface area contributed by atoms with Crippen molar-refractivity contribution in [2.45, 2.75) is 19.3 Å². The SMILES string of the molecule is N#Cc1cc(C2=CC[C@H]3CCNC[C@H]3C2)cnc1Cl. The zero-order chi connectivity index (χ0) is 13.2. The van der Waals surface area contributed by atoms with Gasteiger partial charge in [-0.15, -0.1) is 0 Å². The zero-order valence-electron chi connectivity index (χ0n) is 10.7. The molecule has 0 bridgehead atoms. The lowest BCUT2D eigenvalue weighted by Crippen LogP contribution is -2.37. The third-order valence-electron chi connectivity index (χ3n) is 4.24. The highest BCUT2D eigenvalue weighted by molar-refractivity contribution is 6.30. The van der Waals surface area contributed by atoms with Gasteiger partial charge in [0.25, 0.3) is 0 Å². The summed E-state index contributed by atoms with van der Waals surface area (Å²) in [6, 6.07) is 3.96. The van der Waals surface area contributed by atoms with E-state index in [0.29, 0.717) is 10.7 Å². The molecule has 1 aromatic rings. The number of halogens is 1. The molecule has 1 saturated heterocycles. The van der Waals surface area contributed by atoms with E-state index >= 15 is 0 Å². The van der Waals surface area contributed by atoms with Crippen molar-refractivity contribution in [2.75, 3.05) is 13.1 Å². The predicted octanol–water partition coefficient (Wildman–Crippen LogP) is 3.01. The van der Waals surface area contributed by atoms with Crippen LogP contribution in [0, 0.1) is 23.2 Å². The molecule has 98 valence electrons. The molecule has 0 aromatic carbocycles. The van der Waals surface area contributed by atoms with Crippen LogP contribution < -0.4 is 5.32 Å². The highest BCUT2D eigenvalue weighted by atomic mass is 35.5. The topological polar surface area (TPSA) is 48.7 Å². The maximum atomic E-state index is 9.02. The first-order valence-electron chi connectivity index (χ1n) is 6.73. The summed E-state index contributed by atoms with van der Waals surface area (Å²) in [5, 5.41) is 12.8. The van der Waals surface area contributed by atoms with Gasteiger partial charge in [0.1, 0.15) is 11.2 Å². The van der Waals surface area contributed by atoms with Crippen LogP contribution in [0.1, 0.15) is 30.4 Å². The fraction of sp³-hybridized carbons (Fsp3) is 0.467. The Hall–Kier alpha value is -1.37. The molecule has 4 heteroatoms. The van der Waals surface area contributed by atoms with Gasteiger partial charge in [-0.1, -0.05) is 17.7 Å². The summed E-state index contributed by atoms with van der Waals surface area (Å²) in [4.78, 5) is 4.12. The average molecular weight is 274 g/mol. The van der Waals surface area contributed by atoms with Crippen LogP contribution >= 0.6 is 11.6 Å². The third-order valence-corrected chi connectivity index (χ3v) is 4.55. The van der Waals surface area contributed by atoms with Crippen molar-refractivity contribution >= 4 is 17.2 Å². The van der Waals surface area contributed by atoms with E-state index < -0.39 is 0 Å². The average Bonchev–Trinajstić information content (AvgIpc) is 2.47. The van der Waals surface area contributed by atoms with E-state index in [1.54, 1.807) is 6.20 Å². The van der Waals surface area contributed by atoms with Crippen LogP contribution in [-0.4, -0.2) is 18.1 Å². The number of allylic oxidation sites excluding steroid dienone is 2. The lowest BCUT2D eigenvalue weighted by molar-refractivity contribution is 0.252. The second-order valence-corrected chi connectivity index (χ2v) is 5.71. The molecule has 19 heavy (non-hydrogen) atoms. The van der Waals surface area contributed by atoms with Gasteiger partial charge in [-0.2, -0.15) is 5.26 Å². The van der Waals surface area contributed by atoms with Gasteiger partial charge in [-0.3, -0.25) is 0 Å². The molecular formula is C15H16ClN3. The number of fused-ring (bicyclic) bond motifs is 1. The van der Waals surface area contributed by atoms with Gasteiger partial charge in [-0.25, -0.2) is 4.98 Å². The van der Waals surface area contributed by atoms with E-state index in [1.165, 1.54) is 12.0 Å². The number of pyridine rings is 1. The number of nitriles is 1. The number of nitrogens with one attached hydrogen (secondary N) is 1. The number of hydrogen-bond acceptors (Lipinski definition) is 3. The third kappa shape index (κ3) is 2.51. The van der Waals surface area contributed by atoms with Crippen molar-refractivity contribution in [1.29, 1.82) is 5.26 Å². The minimum atomic E-state index is 0.292. The minimum Gasteiger partial charge on any atom is -0.316 e. The Labute approximate surface area is 118 Å². The Bertz CT molecular complexity index is 559. The van der Waals surface area contributed by atoms with Gasteiger partial charge in [0.15, 0.2) is 0 Å². The molecule has 2 heterocycles. The van der Waals surface area contributed by atoms with Gasteiger partial charge in [0.2, 0.25) is 0 Å². The standard InChI is InChI=1S/C15H16ClN3/c16-15-12(7-17)6-14(9-19-15)11-2-1-10-3-4-18-8-13(10)5-11/h2,6,9-10,13,18H,1,3-5,8H2/t10-,13+/m0/s1. The number of hydrogen-bond donors (Lipinski definition) is 1. The van der Waals surface area contributed by atoms with E-state index in [1.807, 2.05) is 6.07 Å². The van der Waals surface area contributed by atoms with E-state index in [2.05, 4.69) is 22.4 Å². The van der Waals surface area contributed by atoms with E-state index in [-0.39, 0.29) is 0 Å². The Morgan fingerprint density at radius 1 is 1.42 bits per heavy atom. The van der Waals surface area contributed by atoms with Gasteiger partial charge in [0.05, 0.1) is 5.56 Å². The first-order chi connectivity index (χ1) is 9.28. The summed E-state index contributed by atoms with van der Waals surface area (Å²) in [6.45, 7) is 2.25. The van der Waals surface area contributed by atoms with Crippen LogP contribution in [0.15, 0.2) is 18.3 Å². The molecule has 0 unspecified atom stereocenters. The second kappa shape index (κ2) is 5.32. The molecule has 3 rings (SSSR count). The van der Waals surface area contributed by atoms with Crippen molar-refractivity contribution in [3.8, 4) is 6.07 Å². The molecule has 2 aliphatic rings. The Morgan fingerprint density at radius 2 is 2.32 bits per heavy atom. The number of aromatic nitrogens is 1. The summed E-state index contributed by atoms with van der Waals surface area (Å²) in [6.07, 6.45) is 7.60. The second-order valence-electron chi connectivity index (χ2n) is 5.36. The summed E-state index contributed by atoms with van der Waals surface area (Å²) < 4.78 is 0. The molecule has 1 aliphatic carbocycles. The summed E-state index contributed by atoms with van der Waals surface area (Å²) in [5.74, 6) is 1.54. The van der Waals surface area contributed by atoms with Crippen LogP contribution in [-0.2, 0) is 0 Å². The highest BCUT2D eigenvalue weighted by Crippen LogP contribution is 2.37. The van der Waals surface area contributed by atoms with Crippen molar-refractivity contribution in [3.63, 3.8) is 0 Å². The van der Waals surface area contributed by atoms with E-state index in [0.717, 1.165) is 43.3 Å². The Balaban J connectivity index is 1.86. The first kappa shape index (κ1) is 12.7. The van der Waals surface area contributed by atoms with E-state index in [9.17, 15) is 0 Å². The molecule has 1 N–H and O–H groups in total. The number of rotatable bonds is 1. The monoisotopic (exact) mass is 273 g/mol. The quantitative estimate of drug-likeness (QED) is 0.800. The Kier molecular flexibility index (Phi) is 3.54. The first-order valence-corrected chi connectivity index (χ1v) is 7.11. The fourth-order valence-corrected chi connectivity index (χ4v) is 3.27. The van der Waals surface area contributed by atoms with Crippen molar-refractivity contribution in [1.82, 2.24) is 10.3 Å². The number of nitrogens with zero attached hydrogens (tertiary/aromatic N) is 2. The van der Waals surface area contributed by atoms with Gasteiger partial charge in [0, 0.05) is 6.20 Å². The van der Waals surface area contributed by atoms with Crippen LogP contribution in [0.5, 0.6) is 0 Å². The summed E-state index contributed by atoms with van der Waals surface area (Å²) in [5.41, 5.74) is 2.82. The van der Waals surface area contributed by atoms with Crippen LogP contribution in [0.25, 0.3) is 5.57 Å². The normalized spacial score (nSPS) is 26.2. The largest absolute Gasteiger partial charge is 0.316 e.